The standard InChI is InChI=1S/C27H23ClN4O4/c1-35-18-11-12-23(36-2)21(13-18)30-24(33)15-32-22-10-6-4-8-19(22)25-26(32)27(34)31(16-29-25)14-17-7-3-5-9-20(17)28/h3-13,16H,14-15H2,1-2H3,(H,30,33). The van der Waals surface area contributed by atoms with E-state index in [4.69, 9.17) is 21.1 Å². The second-order valence-corrected chi connectivity index (χ2v) is 8.59. The number of amides is 1. The number of benzene rings is 3. The maximum atomic E-state index is 13.6. The van der Waals surface area contributed by atoms with Crippen LogP contribution in [0, 0.1) is 0 Å². The predicted octanol–water partition coefficient (Wildman–Crippen LogP) is 4.71. The van der Waals surface area contributed by atoms with Gasteiger partial charge in [0.15, 0.2) is 0 Å². The van der Waals surface area contributed by atoms with Gasteiger partial charge < -0.3 is 19.4 Å². The minimum absolute atomic E-state index is 0.0998. The van der Waals surface area contributed by atoms with Crippen molar-refractivity contribution in [1.29, 1.82) is 0 Å². The molecule has 2 aromatic heterocycles. The van der Waals surface area contributed by atoms with Gasteiger partial charge in [-0.05, 0) is 29.8 Å². The van der Waals surface area contributed by atoms with Gasteiger partial charge in [0, 0.05) is 16.5 Å². The monoisotopic (exact) mass is 502 g/mol. The van der Waals surface area contributed by atoms with Crippen molar-refractivity contribution < 1.29 is 14.3 Å². The summed E-state index contributed by atoms with van der Waals surface area (Å²) in [6.45, 7) is 0.160. The fourth-order valence-electron chi connectivity index (χ4n) is 4.28. The van der Waals surface area contributed by atoms with E-state index in [1.54, 1.807) is 35.9 Å². The van der Waals surface area contributed by atoms with Crippen LogP contribution < -0.4 is 20.3 Å². The van der Waals surface area contributed by atoms with Gasteiger partial charge in [0.2, 0.25) is 5.91 Å². The van der Waals surface area contributed by atoms with Crippen LogP contribution in [0.1, 0.15) is 5.56 Å². The van der Waals surface area contributed by atoms with Gasteiger partial charge in [0.1, 0.15) is 29.1 Å². The number of carbonyl (C=O) groups excluding carboxylic acids is 1. The topological polar surface area (TPSA) is 87.4 Å². The van der Waals surface area contributed by atoms with Crippen molar-refractivity contribution in [3.05, 3.63) is 94.0 Å². The van der Waals surface area contributed by atoms with Crippen LogP contribution in [0.4, 0.5) is 5.69 Å². The molecule has 0 radical (unpaired) electrons. The molecule has 5 aromatic rings. The highest BCUT2D eigenvalue weighted by atomic mass is 35.5. The number of nitrogens with zero attached hydrogens (tertiary/aromatic N) is 3. The molecule has 0 aliphatic carbocycles. The van der Waals surface area contributed by atoms with Crippen LogP contribution in [0.25, 0.3) is 21.9 Å². The Labute approximate surface area is 211 Å². The number of carbonyl (C=O) groups is 1. The number of anilines is 1. The van der Waals surface area contributed by atoms with Gasteiger partial charge >= 0.3 is 0 Å². The third-order valence-corrected chi connectivity index (χ3v) is 6.38. The van der Waals surface area contributed by atoms with Gasteiger partial charge in [-0.25, -0.2) is 4.98 Å². The van der Waals surface area contributed by atoms with E-state index in [2.05, 4.69) is 10.3 Å². The summed E-state index contributed by atoms with van der Waals surface area (Å²) in [5.41, 5.74) is 2.63. The summed E-state index contributed by atoms with van der Waals surface area (Å²) in [6.07, 6.45) is 1.52. The molecule has 3 aromatic carbocycles. The van der Waals surface area contributed by atoms with E-state index in [9.17, 15) is 9.59 Å². The lowest BCUT2D eigenvalue weighted by Crippen LogP contribution is -2.25. The minimum Gasteiger partial charge on any atom is -0.497 e. The van der Waals surface area contributed by atoms with E-state index in [1.165, 1.54) is 18.0 Å². The molecule has 0 bridgehead atoms. The lowest BCUT2D eigenvalue weighted by molar-refractivity contribution is -0.116. The van der Waals surface area contributed by atoms with Crippen molar-refractivity contribution >= 4 is 45.1 Å². The molecule has 2 heterocycles. The number of aromatic nitrogens is 3. The first-order valence-corrected chi connectivity index (χ1v) is 11.6. The van der Waals surface area contributed by atoms with Gasteiger partial charge in [-0.3, -0.25) is 14.2 Å². The summed E-state index contributed by atoms with van der Waals surface area (Å²) >= 11 is 6.32. The highest BCUT2D eigenvalue weighted by Gasteiger charge is 2.19. The fraction of sp³-hybridized carbons (Fsp3) is 0.148. The number of nitrogens with one attached hydrogen (secondary N) is 1. The normalized spacial score (nSPS) is 11.1. The zero-order valence-electron chi connectivity index (χ0n) is 19.7. The molecule has 8 nitrogen and oxygen atoms in total. The van der Waals surface area contributed by atoms with Crippen molar-refractivity contribution in [2.45, 2.75) is 13.1 Å². The number of halogens is 1. The summed E-state index contributed by atoms with van der Waals surface area (Å²) in [5.74, 6) is 0.745. The molecule has 36 heavy (non-hydrogen) atoms. The van der Waals surface area contributed by atoms with E-state index in [-0.39, 0.29) is 24.6 Å². The first kappa shape index (κ1) is 23.4. The highest BCUT2D eigenvalue weighted by Crippen LogP contribution is 2.30. The van der Waals surface area contributed by atoms with Crippen molar-refractivity contribution in [3.8, 4) is 11.5 Å². The molecule has 0 spiro atoms. The van der Waals surface area contributed by atoms with E-state index in [0.717, 1.165) is 16.5 Å². The number of methoxy groups -OCH3 is 2. The highest BCUT2D eigenvalue weighted by molar-refractivity contribution is 6.31. The predicted molar refractivity (Wildman–Crippen MR) is 140 cm³/mol. The van der Waals surface area contributed by atoms with Crippen LogP contribution in [0.5, 0.6) is 11.5 Å². The zero-order valence-corrected chi connectivity index (χ0v) is 20.5. The van der Waals surface area contributed by atoms with E-state index >= 15 is 0 Å². The quantitative estimate of drug-likeness (QED) is 0.348. The number of rotatable bonds is 7. The second kappa shape index (κ2) is 9.75. The van der Waals surface area contributed by atoms with Gasteiger partial charge in [-0.2, -0.15) is 0 Å². The molecule has 0 saturated heterocycles. The molecule has 0 aliphatic rings. The first-order valence-electron chi connectivity index (χ1n) is 11.2. The number of fused-ring (bicyclic) bond motifs is 3. The van der Waals surface area contributed by atoms with Crippen molar-refractivity contribution in [2.75, 3.05) is 19.5 Å². The van der Waals surface area contributed by atoms with E-state index in [0.29, 0.717) is 33.2 Å². The molecule has 0 saturated carbocycles. The van der Waals surface area contributed by atoms with E-state index < -0.39 is 0 Å². The molecule has 0 fully saturated rings. The van der Waals surface area contributed by atoms with E-state index in [1.807, 2.05) is 42.5 Å². The van der Waals surface area contributed by atoms with Crippen molar-refractivity contribution in [1.82, 2.24) is 14.1 Å². The lowest BCUT2D eigenvalue weighted by Gasteiger charge is -2.13. The number of ether oxygens (including phenoxy) is 2. The van der Waals surface area contributed by atoms with Gasteiger partial charge in [-0.15, -0.1) is 0 Å². The second-order valence-electron chi connectivity index (χ2n) is 8.18. The maximum Gasteiger partial charge on any atom is 0.278 e. The summed E-state index contributed by atoms with van der Waals surface area (Å²) in [5, 5.41) is 4.23. The molecule has 9 heteroatoms. The Morgan fingerprint density at radius 1 is 1.03 bits per heavy atom. The Hall–Kier alpha value is -4.30. The molecular formula is C27H23ClN4O4. The SMILES string of the molecule is COc1ccc(OC)c(NC(=O)Cn2c3ccccc3c3ncn(Cc4ccccc4Cl)c(=O)c32)c1. The van der Waals surface area contributed by atoms with Crippen molar-refractivity contribution in [3.63, 3.8) is 0 Å². The largest absolute Gasteiger partial charge is 0.497 e. The Morgan fingerprint density at radius 2 is 1.81 bits per heavy atom. The van der Waals surface area contributed by atoms with Crippen LogP contribution in [0.3, 0.4) is 0 Å². The number of hydrogen-bond acceptors (Lipinski definition) is 5. The molecule has 182 valence electrons. The molecular weight excluding hydrogens is 480 g/mol. The Morgan fingerprint density at radius 3 is 2.58 bits per heavy atom. The Kier molecular flexibility index (Phi) is 6.35. The maximum absolute atomic E-state index is 13.6. The molecule has 0 unspecified atom stereocenters. The van der Waals surface area contributed by atoms with Crippen LogP contribution >= 0.6 is 11.6 Å². The third-order valence-electron chi connectivity index (χ3n) is 6.01. The van der Waals surface area contributed by atoms with Crippen LogP contribution in [0.15, 0.2) is 77.9 Å². The molecule has 0 atom stereocenters. The smallest absolute Gasteiger partial charge is 0.278 e. The van der Waals surface area contributed by atoms with Gasteiger partial charge in [0.25, 0.3) is 5.56 Å². The zero-order chi connectivity index (χ0) is 25.2. The number of hydrogen-bond donors (Lipinski definition) is 1. The van der Waals surface area contributed by atoms with Crippen LogP contribution in [0.2, 0.25) is 5.02 Å². The summed E-state index contributed by atoms with van der Waals surface area (Å²) in [7, 11) is 3.07. The third kappa shape index (κ3) is 4.27. The fourth-order valence-corrected chi connectivity index (χ4v) is 4.48. The molecule has 5 rings (SSSR count). The van der Waals surface area contributed by atoms with Gasteiger partial charge in [0.05, 0.1) is 38.3 Å². The van der Waals surface area contributed by atoms with Crippen LogP contribution in [-0.4, -0.2) is 34.2 Å². The molecule has 1 amide bonds. The van der Waals surface area contributed by atoms with Crippen LogP contribution in [-0.2, 0) is 17.9 Å². The Balaban J connectivity index is 1.57. The molecule has 0 aliphatic heterocycles. The average Bonchev–Trinajstić information content (AvgIpc) is 3.20. The van der Waals surface area contributed by atoms with Gasteiger partial charge in [-0.1, -0.05) is 48.0 Å². The molecule has 1 N–H and O–H groups in total. The van der Waals surface area contributed by atoms with Crippen molar-refractivity contribution in [2.24, 2.45) is 0 Å². The minimum atomic E-state index is -0.329. The summed E-state index contributed by atoms with van der Waals surface area (Å²) in [6, 6.07) is 20.0. The lowest BCUT2D eigenvalue weighted by atomic mass is 10.2. The first-order chi connectivity index (χ1) is 17.5. The number of para-hydroxylation sites is 1. The summed E-state index contributed by atoms with van der Waals surface area (Å²) in [4.78, 5) is 31.4. The average molecular weight is 503 g/mol. The Bertz CT molecular complexity index is 1660. The summed E-state index contributed by atoms with van der Waals surface area (Å²) < 4.78 is 13.8.